The second-order valence-corrected chi connectivity index (χ2v) is 9.46. The number of para-hydroxylation sites is 1. The van der Waals surface area contributed by atoms with Gasteiger partial charge in [0.05, 0.1) is 17.3 Å². The Hall–Kier alpha value is -3.95. The van der Waals surface area contributed by atoms with Crippen molar-refractivity contribution >= 4 is 57.8 Å². The molecule has 180 valence electrons. The van der Waals surface area contributed by atoms with Gasteiger partial charge in [-0.05, 0) is 63.3 Å². The van der Waals surface area contributed by atoms with E-state index in [2.05, 4.69) is 10.3 Å². The van der Waals surface area contributed by atoms with Crippen molar-refractivity contribution in [3.05, 3.63) is 94.0 Å². The van der Waals surface area contributed by atoms with Crippen LogP contribution in [0, 0.1) is 13.8 Å². The van der Waals surface area contributed by atoms with Gasteiger partial charge in [0, 0.05) is 34.1 Å². The molecule has 0 saturated carbocycles. The van der Waals surface area contributed by atoms with Crippen LogP contribution in [-0.4, -0.2) is 21.3 Å². The van der Waals surface area contributed by atoms with Crippen LogP contribution in [0.5, 0.6) is 0 Å². The highest BCUT2D eigenvalue weighted by atomic mass is 35.5. The van der Waals surface area contributed by atoms with Crippen molar-refractivity contribution in [3.63, 3.8) is 0 Å². The maximum Gasteiger partial charge on any atom is 0.264 e. The fourth-order valence-electron chi connectivity index (χ4n) is 4.80. The number of thiocarbonyl (C=S) groups is 1. The van der Waals surface area contributed by atoms with Crippen molar-refractivity contribution in [2.75, 3.05) is 14.7 Å². The minimum absolute atomic E-state index is 0.226. The Kier molecular flexibility index (Phi) is 5.20. The number of aryl methyl sites for hydroxylation is 2. The van der Waals surface area contributed by atoms with Crippen LogP contribution in [-0.2, 0) is 4.79 Å². The van der Waals surface area contributed by atoms with Crippen molar-refractivity contribution in [1.82, 2.24) is 10.3 Å². The standard InChI is InChI=1S/C26H20ClN5O3S/c1-14-12-21(28-34-14)30-16(3)23-24(31(26(30)36)18-10-8-17(27)9-11-18)19-6-4-5-7-20(19)32(25(23)33)22-13-15(2)35-29-22/h4-13,24H,1-3H3. The topological polar surface area (TPSA) is 78.9 Å². The Morgan fingerprint density at radius 2 is 1.50 bits per heavy atom. The molecule has 2 aromatic heterocycles. The lowest BCUT2D eigenvalue weighted by atomic mass is 9.86. The molecule has 0 saturated heterocycles. The predicted octanol–water partition coefficient (Wildman–Crippen LogP) is 6.24. The molecule has 0 fully saturated rings. The number of aromatic nitrogens is 2. The zero-order valence-corrected chi connectivity index (χ0v) is 21.2. The van der Waals surface area contributed by atoms with E-state index in [1.165, 1.54) is 0 Å². The average molecular weight is 518 g/mol. The number of fused-ring (bicyclic) bond motifs is 3. The van der Waals surface area contributed by atoms with Gasteiger partial charge >= 0.3 is 0 Å². The Morgan fingerprint density at radius 1 is 0.889 bits per heavy atom. The molecule has 0 radical (unpaired) electrons. The molecule has 0 N–H and O–H groups in total. The molecule has 0 bridgehead atoms. The summed E-state index contributed by atoms with van der Waals surface area (Å²) in [5, 5.41) is 9.41. The van der Waals surface area contributed by atoms with E-state index < -0.39 is 6.04 Å². The molecular weight excluding hydrogens is 498 g/mol. The molecule has 1 atom stereocenters. The summed E-state index contributed by atoms with van der Waals surface area (Å²) < 4.78 is 10.7. The van der Waals surface area contributed by atoms with Gasteiger partial charge in [0.2, 0.25) is 0 Å². The van der Waals surface area contributed by atoms with Crippen molar-refractivity contribution in [1.29, 1.82) is 0 Å². The number of nitrogens with zero attached hydrogens (tertiary/aromatic N) is 5. The summed E-state index contributed by atoms with van der Waals surface area (Å²) >= 11 is 12.2. The third-order valence-electron chi connectivity index (χ3n) is 6.35. The number of anilines is 4. The second kappa shape index (κ2) is 8.32. The van der Waals surface area contributed by atoms with E-state index in [9.17, 15) is 4.79 Å². The number of carbonyl (C=O) groups excluding carboxylic acids is 1. The van der Waals surface area contributed by atoms with Crippen LogP contribution in [0.15, 0.2) is 81.0 Å². The molecule has 0 aliphatic carbocycles. The van der Waals surface area contributed by atoms with Crippen molar-refractivity contribution < 1.29 is 13.8 Å². The first-order chi connectivity index (χ1) is 17.3. The number of hydrogen-bond donors (Lipinski definition) is 0. The molecular formula is C26H20ClN5O3S. The lowest BCUT2D eigenvalue weighted by Gasteiger charge is -2.48. The molecule has 2 aliphatic heterocycles. The van der Waals surface area contributed by atoms with E-state index in [1.54, 1.807) is 41.0 Å². The maximum absolute atomic E-state index is 14.3. The van der Waals surface area contributed by atoms with Gasteiger partial charge < -0.3 is 13.9 Å². The number of hydrogen-bond acceptors (Lipinski definition) is 6. The lowest BCUT2D eigenvalue weighted by molar-refractivity contribution is -0.115. The van der Waals surface area contributed by atoms with Crippen LogP contribution in [0.1, 0.15) is 30.0 Å². The Balaban J connectivity index is 1.64. The van der Waals surface area contributed by atoms with Crippen molar-refractivity contribution in [2.45, 2.75) is 26.8 Å². The van der Waals surface area contributed by atoms with Crippen molar-refractivity contribution in [2.24, 2.45) is 0 Å². The maximum atomic E-state index is 14.3. The van der Waals surface area contributed by atoms with Gasteiger partial charge in [0.25, 0.3) is 5.91 Å². The van der Waals surface area contributed by atoms with Gasteiger partial charge in [0.1, 0.15) is 11.5 Å². The van der Waals surface area contributed by atoms with Crippen LogP contribution in [0.2, 0.25) is 5.02 Å². The Labute approximate surface area is 217 Å². The van der Waals surface area contributed by atoms with E-state index in [-0.39, 0.29) is 5.91 Å². The van der Waals surface area contributed by atoms with Gasteiger partial charge in [-0.25, -0.2) is 0 Å². The molecule has 10 heteroatoms. The summed E-state index contributed by atoms with van der Waals surface area (Å²) in [6.07, 6.45) is 0. The van der Waals surface area contributed by atoms with Crippen LogP contribution in [0.4, 0.5) is 23.0 Å². The average Bonchev–Trinajstić information content (AvgIpc) is 3.48. The highest BCUT2D eigenvalue weighted by Crippen LogP contribution is 2.50. The molecule has 1 amide bonds. The van der Waals surface area contributed by atoms with Gasteiger partial charge in [-0.3, -0.25) is 14.6 Å². The molecule has 4 heterocycles. The van der Waals surface area contributed by atoms with E-state index in [4.69, 9.17) is 32.9 Å². The number of amides is 1. The molecule has 4 aromatic rings. The van der Waals surface area contributed by atoms with E-state index in [1.807, 2.05) is 55.1 Å². The van der Waals surface area contributed by atoms with E-state index >= 15 is 0 Å². The Morgan fingerprint density at radius 3 is 2.11 bits per heavy atom. The van der Waals surface area contributed by atoms with Gasteiger partial charge in [-0.2, -0.15) is 0 Å². The third-order valence-corrected chi connectivity index (χ3v) is 6.99. The highest BCUT2D eigenvalue weighted by molar-refractivity contribution is 7.80. The fraction of sp³-hybridized carbons (Fsp3) is 0.154. The second-order valence-electron chi connectivity index (χ2n) is 8.66. The van der Waals surface area contributed by atoms with Crippen LogP contribution in [0.25, 0.3) is 0 Å². The minimum atomic E-state index is -0.476. The lowest BCUT2D eigenvalue weighted by Crippen LogP contribution is -2.54. The smallest absolute Gasteiger partial charge is 0.264 e. The first-order valence-corrected chi connectivity index (χ1v) is 12.0. The van der Waals surface area contributed by atoms with Crippen molar-refractivity contribution in [3.8, 4) is 0 Å². The molecule has 6 rings (SSSR count). The summed E-state index contributed by atoms with van der Waals surface area (Å²) in [5.41, 5.74) is 3.61. The van der Waals surface area contributed by atoms with Gasteiger partial charge in [-0.15, -0.1) is 0 Å². The predicted molar refractivity (Wildman–Crippen MR) is 141 cm³/mol. The van der Waals surface area contributed by atoms with Crippen LogP contribution in [0.3, 0.4) is 0 Å². The van der Waals surface area contributed by atoms with E-state index in [0.717, 1.165) is 11.3 Å². The number of halogens is 1. The minimum Gasteiger partial charge on any atom is -0.360 e. The SMILES string of the molecule is CC1=C2C(=O)N(c3cc(C)on3)c3ccccc3C2N(c2ccc(Cl)cc2)C(=S)N1c1cc(C)on1. The molecule has 8 nitrogen and oxygen atoms in total. The molecule has 0 spiro atoms. The molecule has 2 aromatic carbocycles. The number of allylic oxidation sites excluding steroid dienone is 1. The fourth-order valence-corrected chi connectivity index (χ4v) is 5.37. The number of rotatable bonds is 3. The molecule has 36 heavy (non-hydrogen) atoms. The van der Waals surface area contributed by atoms with Gasteiger partial charge in [0.15, 0.2) is 16.7 Å². The first kappa shape index (κ1) is 22.5. The summed E-state index contributed by atoms with van der Waals surface area (Å²) in [6, 6.07) is 18.2. The Bertz CT molecular complexity index is 1560. The van der Waals surface area contributed by atoms with Gasteiger partial charge in [-0.1, -0.05) is 40.1 Å². The molecule has 1 unspecified atom stereocenters. The summed E-state index contributed by atoms with van der Waals surface area (Å²) in [6.45, 7) is 5.47. The van der Waals surface area contributed by atoms with Crippen LogP contribution >= 0.6 is 23.8 Å². The normalized spacial score (nSPS) is 17.6. The summed E-state index contributed by atoms with van der Waals surface area (Å²) in [4.78, 5) is 19.6. The molecule has 2 aliphatic rings. The largest absolute Gasteiger partial charge is 0.360 e. The summed E-state index contributed by atoms with van der Waals surface area (Å²) in [5.74, 6) is 1.92. The number of benzene rings is 2. The third kappa shape index (κ3) is 3.35. The number of carbonyl (C=O) groups is 1. The monoisotopic (exact) mass is 517 g/mol. The quantitative estimate of drug-likeness (QED) is 0.295. The van der Waals surface area contributed by atoms with E-state index in [0.29, 0.717) is 50.2 Å². The zero-order valence-electron chi connectivity index (χ0n) is 19.6. The zero-order chi connectivity index (χ0) is 25.1. The highest BCUT2D eigenvalue weighted by Gasteiger charge is 2.48. The van der Waals surface area contributed by atoms with Crippen LogP contribution < -0.4 is 14.7 Å². The first-order valence-electron chi connectivity index (χ1n) is 11.2. The summed E-state index contributed by atoms with van der Waals surface area (Å²) in [7, 11) is 0.